The molecule has 0 atom stereocenters. The molecule has 26 heavy (non-hydrogen) atoms. The molecule has 0 spiro atoms. The number of sulfone groups is 1. The molecular weight excluding hydrogens is 374 g/mol. The van der Waals surface area contributed by atoms with Gasteiger partial charge < -0.3 is 5.32 Å². The fourth-order valence-electron chi connectivity index (χ4n) is 2.41. The Morgan fingerprint density at radius 2 is 1.96 bits per heavy atom. The lowest BCUT2D eigenvalue weighted by molar-refractivity contribution is -0.385. The quantitative estimate of drug-likeness (QED) is 0.519. The molecule has 1 heterocycles. The monoisotopic (exact) mass is 389 g/mol. The van der Waals surface area contributed by atoms with Crippen molar-refractivity contribution in [2.75, 3.05) is 11.6 Å². The van der Waals surface area contributed by atoms with Crippen LogP contribution in [0.1, 0.15) is 5.69 Å². The van der Waals surface area contributed by atoms with Crippen molar-refractivity contribution in [1.29, 1.82) is 0 Å². The van der Waals surface area contributed by atoms with E-state index in [9.17, 15) is 18.5 Å². The molecule has 134 valence electrons. The van der Waals surface area contributed by atoms with Crippen LogP contribution in [0.5, 0.6) is 0 Å². The maximum absolute atomic E-state index is 12.0. The minimum absolute atomic E-state index is 0.123. The molecule has 0 aliphatic carbocycles. The molecule has 0 bridgehead atoms. The van der Waals surface area contributed by atoms with Gasteiger partial charge in [-0.15, -0.1) is 11.3 Å². The number of aromatic nitrogens is 1. The number of thiazole rings is 1. The summed E-state index contributed by atoms with van der Waals surface area (Å²) in [5, 5.41) is 16.8. The van der Waals surface area contributed by atoms with Crippen LogP contribution in [-0.2, 0) is 9.84 Å². The molecule has 0 unspecified atom stereocenters. The van der Waals surface area contributed by atoms with E-state index in [1.165, 1.54) is 23.5 Å². The van der Waals surface area contributed by atoms with Gasteiger partial charge in [-0.25, -0.2) is 13.4 Å². The Hall–Kier alpha value is -2.78. The van der Waals surface area contributed by atoms with Gasteiger partial charge in [-0.05, 0) is 25.1 Å². The van der Waals surface area contributed by atoms with Gasteiger partial charge in [0.2, 0.25) is 0 Å². The highest BCUT2D eigenvalue weighted by atomic mass is 32.2. The van der Waals surface area contributed by atoms with Crippen molar-refractivity contribution in [3.8, 4) is 10.6 Å². The molecule has 2 aromatic carbocycles. The van der Waals surface area contributed by atoms with Crippen LogP contribution in [0.4, 0.5) is 17.1 Å². The van der Waals surface area contributed by atoms with Crippen LogP contribution in [0.2, 0.25) is 0 Å². The van der Waals surface area contributed by atoms with E-state index in [0.29, 0.717) is 5.69 Å². The standard InChI is InChI=1S/C17H15N3O4S2/c1-11-10-25-17(18-11)12-4-3-5-13(8-12)19-15-7-6-14(20(21)22)9-16(15)26(2,23)24/h3-10,19H,1-2H3. The minimum atomic E-state index is -3.65. The molecular formula is C17H15N3O4S2. The first-order chi connectivity index (χ1) is 12.2. The topological polar surface area (TPSA) is 102 Å². The summed E-state index contributed by atoms with van der Waals surface area (Å²) in [6.45, 7) is 1.91. The number of nitrogens with one attached hydrogen (secondary N) is 1. The number of nitrogens with zero attached hydrogens (tertiary/aromatic N) is 2. The molecule has 0 fully saturated rings. The zero-order valence-electron chi connectivity index (χ0n) is 14.0. The Morgan fingerprint density at radius 3 is 2.58 bits per heavy atom. The van der Waals surface area contributed by atoms with Gasteiger partial charge in [-0.2, -0.15) is 0 Å². The highest BCUT2D eigenvalue weighted by Gasteiger charge is 2.18. The van der Waals surface area contributed by atoms with E-state index in [1.54, 1.807) is 6.07 Å². The Kier molecular flexibility index (Phi) is 4.75. The predicted molar refractivity (Wildman–Crippen MR) is 102 cm³/mol. The summed E-state index contributed by atoms with van der Waals surface area (Å²) in [6.07, 6.45) is 1.02. The second kappa shape index (κ2) is 6.85. The van der Waals surface area contributed by atoms with Crippen molar-refractivity contribution in [2.24, 2.45) is 0 Å². The maximum Gasteiger partial charge on any atom is 0.270 e. The summed E-state index contributed by atoms with van der Waals surface area (Å²) in [5.41, 5.74) is 2.50. The minimum Gasteiger partial charge on any atom is -0.354 e. The number of hydrogen-bond donors (Lipinski definition) is 1. The Balaban J connectivity index is 2.00. The zero-order chi connectivity index (χ0) is 18.9. The first-order valence-corrected chi connectivity index (χ1v) is 10.3. The van der Waals surface area contributed by atoms with Gasteiger partial charge in [0.25, 0.3) is 5.69 Å². The molecule has 0 aliphatic rings. The van der Waals surface area contributed by atoms with Gasteiger partial charge in [0.05, 0.1) is 15.5 Å². The van der Waals surface area contributed by atoms with Crippen LogP contribution in [0.3, 0.4) is 0 Å². The first-order valence-electron chi connectivity index (χ1n) is 7.52. The third-order valence-corrected chi connectivity index (χ3v) is 5.73. The maximum atomic E-state index is 12.0. The summed E-state index contributed by atoms with van der Waals surface area (Å²) in [4.78, 5) is 14.6. The molecule has 0 amide bonds. The van der Waals surface area contributed by atoms with Gasteiger partial charge >= 0.3 is 0 Å². The van der Waals surface area contributed by atoms with Crippen molar-refractivity contribution in [3.05, 3.63) is 63.7 Å². The van der Waals surface area contributed by atoms with Crippen molar-refractivity contribution < 1.29 is 13.3 Å². The summed E-state index contributed by atoms with van der Waals surface area (Å²) in [5.74, 6) is 0. The number of aryl methyl sites for hydroxylation is 1. The van der Waals surface area contributed by atoms with E-state index in [1.807, 2.05) is 30.5 Å². The number of nitro groups is 1. The highest BCUT2D eigenvalue weighted by molar-refractivity contribution is 7.90. The lowest BCUT2D eigenvalue weighted by Crippen LogP contribution is -2.04. The molecule has 0 saturated heterocycles. The Bertz CT molecular complexity index is 1090. The molecule has 3 rings (SSSR count). The summed E-state index contributed by atoms with van der Waals surface area (Å²) < 4.78 is 24.1. The van der Waals surface area contributed by atoms with E-state index < -0.39 is 14.8 Å². The molecule has 7 nitrogen and oxygen atoms in total. The lowest BCUT2D eigenvalue weighted by Gasteiger charge is -2.11. The van der Waals surface area contributed by atoms with Crippen molar-refractivity contribution in [1.82, 2.24) is 4.98 Å². The lowest BCUT2D eigenvalue weighted by atomic mass is 10.2. The van der Waals surface area contributed by atoms with Crippen LogP contribution >= 0.6 is 11.3 Å². The average Bonchev–Trinajstić information content (AvgIpc) is 3.01. The number of benzene rings is 2. The van der Waals surface area contributed by atoms with Crippen LogP contribution in [0.25, 0.3) is 10.6 Å². The summed E-state index contributed by atoms with van der Waals surface area (Å²) >= 11 is 1.52. The summed E-state index contributed by atoms with van der Waals surface area (Å²) in [6, 6.07) is 11.1. The third-order valence-electron chi connectivity index (χ3n) is 3.58. The number of anilines is 2. The van der Waals surface area contributed by atoms with Crippen LogP contribution in [0.15, 0.2) is 52.7 Å². The molecule has 3 aromatic rings. The molecule has 0 radical (unpaired) electrons. The van der Waals surface area contributed by atoms with Crippen LogP contribution < -0.4 is 5.32 Å². The molecule has 9 heteroatoms. The molecule has 0 saturated carbocycles. The fraction of sp³-hybridized carbons (Fsp3) is 0.118. The second-order valence-electron chi connectivity index (χ2n) is 5.71. The zero-order valence-corrected chi connectivity index (χ0v) is 15.6. The van der Waals surface area contributed by atoms with E-state index in [4.69, 9.17) is 0 Å². The van der Waals surface area contributed by atoms with E-state index >= 15 is 0 Å². The summed E-state index contributed by atoms with van der Waals surface area (Å²) in [7, 11) is -3.65. The number of nitro benzene ring substituents is 1. The van der Waals surface area contributed by atoms with Crippen molar-refractivity contribution >= 4 is 38.2 Å². The normalized spacial score (nSPS) is 11.3. The van der Waals surface area contributed by atoms with Crippen LogP contribution in [-0.4, -0.2) is 24.6 Å². The predicted octanol–water partition coefficient (Wildman–Crippen LogP) is 4.17. The van der Waals surface area contributed by atoms with E-state index in [2.05, 4.69) is 10.3 Å². The largest absolute Gasteiger partial charge is 0.354 e. The van der Waals surface area contributed by atoms with Gasteiger partial charge in [0, 0.05) is 40.7 Å². The first kappa shape index (κ1) is 18.0. The second-order valence-corrected chi connectivity index (χ2v) is 8.55. The Labute approximate surface area is 154 Å². The fourth-order valence-corrected chi connectivity index (χ4v) is 4.05. The van der Waals surface area contributed by atoms with Gasteiger partial charge in [0.15, 0.2) is 9.84 Å². The average molecular weight is 389 g/mol. The van der Waals surface area contributed by atoms with Gasteiger partial charge in [-0.1, -0.05) is 12.1 Å². The van der Waals surface area contributed by atoms with E-state index in [0.717, 1.165) is 28.6 Å². The van der Waals surface area contributed by atoms with Crippen LogP contribution in [0, 0.1) is 17.0 Å². The van der Waals surface area contributed by atoms with Crippen molar-refractivity contribution in [2.45, 2.75) is 11.8 Å². The molecule has 1 N–H and O–H groups in total. The number of rotatable bonds is 5. The molecule has 0 aliphatic heterocycles. The van der Waals surface area contributed by atoms with Gasteiger partial charge in [0.1, 0.15) is 5.01 Å². The molecule has 1 aromatic heterocycles. The number of hydrogen-bond acceptors (Lipinski definition) is 7. The van der Waals surface area contributed by atoms with Gasteiger partial charge in [-0.3, -0.25) is 10.1 Å². The number of non-ortho nitro benzene ring substituents is 1. The third kappa shape index (κ3) is 3.89. The SMILES string of the molecule is Cc1csc(-c2cccc(Nc3ccc([N+](=O)[O-])cc3S(C)(=O)=O)c2)n1. The Morgan fingerprint density at radius 1 is 1.19 bits per heavy atom. The highest BCUT2D eigenvalue weighted by Crippen LogP contribution is 2.31. The smallest absolute Gasteiger partial charge is 0.270 e. The van der Waals surface area contributed by atoms with Crippen molar-refractivity contribution in [3.63, 3.8) is 0 Å². The van der Waals surface area contributed by atoms with E-state index in [-0.39, 0.29) is 16.3 Å².